The lowest BCUT2D eigenvalue weighted by molar-refractivity contribution is -0.137. The predicted molar refractivity (Wildman–Crippen MR) is 92.9 cm³/mol. The molecule has 27 heavy (non-hydrogen) atoms. The van der Waals surface area contributed by atoms with Crippen LogP contribution >= 0.6 is 0 Å². The van der Waals surface area contributed by atoms with Gasteiger partial charge >= 0.3 is 6.18 Å². The smallest absolute Gasteiger partial charge is 0.240 e. The van der Waals surface area contributed by atoms with E-state index in [1.807, 2.05) is 30.3 Å². The van der Waals surface area contributed by atoms with Crippen LogP contribution < -0.4 is 4.72 Å². The monoisotopic (exact) mass is 393 g/mol. The Morgan fingerprint density at radius 1 is 0.926 bits per heavy atom. The minimum atomic E-state index is -4.62. The van der Waals surface area contributed by atoms with Gasteiger partial charge in [-0.2, -0.15) is 13.2 Å². The molecule has 0 atom stereocenters. The van der Waals surface area contributed by atoms with Gasteiger partial charge in [-0.15, -0.1) is 0 Å². The van der Waals surface area contributed by atoms with E-state index in [1.165, 1.54) is 6.33 Å². The van der Waals surface area contributed by atoms with Crippen LogP contribution in [0.5, 0.6) is 0 Å². The highest BCUT2D eigenvalue weighted by molar-refractivity contribution is 7.89. The van der Waals surface area contributed by atoms with Crippen molar-refractivity contribution in [1.82, 2.24) is 14.7 Å². The van der Waals surface area contributed by atoms with Crippen LogP contribution in [0, 0.1) is 0 Å². The summed E-state index contributed by atoms with van der Waals surface area (Å²) in [6.07, 6.45) is -3.32. The highest BCUT2D eigenvalue weighted by Crippen LogP contribution is 2.30. The summed E-state index contributed by atoms with van der Waals surface area (Å²) in [6, 6.07) is 14.4. The largest absolute Gasteiger partial charge is 0.416 e. The third kappa shape index (κ3) is 4.69. The van der Waals surface area contributed by atoms with E-state index in [0.717, 1.165) is 23.8 Å². The van der Waals surface area contributed by atoms with Crippen LogP contribution in [0.15, 0.2) is 71.9 Å². The highest BCUT2D eigenvalue weighted by atomic mass is 32.2. The zero-order valence-corrected chi connectivity index (χ0v) is 14.6. The number of nitrogens with zero attached hydrogens (tertiary/aromatic N) is 2. The van der Waals surface area contributed by atoms with Gasteiger partial charge in [0.15, 0.2) is 0 Å². The Bertz CT molecular complexity index is 1040. The van der Waals surface area contributed by atoms with E-state index in [2.05, 4.69) is 14.7 Å². The van der Waals surface area contributed by atoms with E-state index in [1.54, 1.807) is 6.07 Å². The summed E-state index contributed by atoms with van der Waals surface area (Å²) in [7, 11) is -4.13. The summed E-state index contributed by atoms with van der Waals surface area (Å²) in [6.45, 7) is -0.180. The lowest BCUT2D eigenvalue weighted by atomic mass is 10.1. The summed E-state index contributed by atoms with van der Waals surface area (Å²) >= 11 is 0. The Kier molecular flexibility index (Phi) is 5.24. The molecule has 2 aromatic carbocycles. The molecular formula is C18H14F3N3O2S. The zero-order valence-electron chi connectivity index (χ0n) is 13.8. The number of alkyl halides is 3. The Balaban J connectivity index is 1.78. The van der Waals surface area contributed by atoms with Crippen LogP contribution in [0.25, 0.3) is 11.3 Å². The zero-order chi connectivity index (χ0) is 19.5. The van der Waals surface area contributed by atoms with Crippen molar-refractivity contribution in [3.05, 3.63) is 78.2 Å². The van der Waals surface area contributed by atoms with E-state index in [-0.39, 0.29) is 6.54 Å². The number of sulfonamides is 1. The molecule has 0 aliphatic rings. The van der Waals surface area contributed by atoms with Crippen molar-refractivity contribution in [2.24, 2.45) is 0 Å². The third-order valence-electron chi connectivity index (χ3n) is 3.71. The quantitative estimate of drug-likeness (QED) is 0.718. The fraction of sp³-hybridized carbons (Fsp3) is 0.111. The summed E-state index contributed by atoms with van der Waals surface area (Å²) in [5, 5.41) is 0. The Morgan fingerprint density at radius 3 is 2.37 bits per heavy atom. The predicted octanol–water partition coefficient (Wildman–Crippen LogP) is 3.64. The van der Waals surface area contributed by atoms with Gasteiger partial charge in [0, 0.05) is 5.56 Å². The maximum absolute atomic E-state index is 12.8. The molecule has 0 aliphatic carbocycles. The lowest BCUT2D eigenvalue weighted by Crippen LogP contribution is -2.24. The first kappa shape index (κ1) is 19.0. The molecular weight excluding hydrogens is 379 g/mol. The fourth-order valence-electron chi connectivity index (χ4n) is 2.35. The van der Waals surface area contributed by atoms with Gasteiger partial charge in [-0.25, -0.2) is 23.1 Å². The van der Waals surface area contributed by atoms with Crippen molar-refractivity contribution in [2.75, 3.05) is 0 Å². The molecule has 1 N–H and O–H groups in total. The van der Waals surface area contributed by atoms with Gasteiger partial charge in [0.05, 0.1) is 28.4 Å². The molecule has 0 spiro atoms. The van der Waals surface area contributed by atoms with Crippen molar-refractivity contribution in [3.63, 3.8) is 0 Å². The van der Waals surface area contributed by atoms with Crippen molar-refractivity contribution < 1.29 is 21.6 Å². The van der Waals surface area contributed by atoms with Crippen LogP contribution in [0.4, 0.5) is 13.2 Å². The van der Waals surface area contributed by atoms with Gasteiger partial charge < -0.3 is 0 Å². The van der Waals surface area contributed by atoms with Gasteiger partial charge in [0.25, 0.3) is 0 Å². The average molecular weight is 393 g/mol. The van der Waals surface area contributed by atoms with E-state index in [4.69, 9.17) is 0 Å². The van der Waals surface area contributed by atoms with Crippen molar-refractivity contribution in [3.8, 4) is 11.3 Å². The topological polar surface area (TPSA) is 72.0 Å². The molecule has 0 amide bonds. The summed E-state index contributed by atoms with van der Waals surface area (Å²) in [4.78, 5) is 7.67. The summed E-state index contributed by atoms with van der Waals surface area (Å²) < 4.78 is 65.2. The number of rotatable bonds is 5. The first-order chi connectivity index (χ1) is 12.8. The van der Waals surface area contributed by atoms with Crippen LogP contribution in [-0.4, -0.2) is 18.4 Å². The minimum Gasteiger partial charge on any atom is -0.240 e. The number of nitrogens with one attached hydrogen (secondary N) is 1. The second kappa shape index (κ2) is 7.45. The molecule has 0 radical (unpaired) electrons. The summed E-state index contributed by atoms with van der Waals surface area (Å²) in [5.74, 6) is 0. The molecule has 0 bridgehead atoms. The van der Waals surface area contributed by atoms with Crippen LogP contribution in [0.1, 0.15) is 11.3 Å². The second-order valence-corrected chi connectivity index (χ2v) is 7.38. The molecule has 1 heterocycles. The van der Waals surface area contributed by atoms with E-state index in [0.29, 0.717) is 17.5 Å². The molecule has 3 rings (SSSR count). The third-order valence-corrected chi connectivity index (χ3v) is 5.11. The Morgan fingerprint density at radius 2 is 1.67 bits per heavy atom. The summed E-state index contributed by atoms with van der Waals surface area (Å²) in [5.41, 5.74) is 0.805. The average Bonchev–Trinajstić information content (AvgIpc) is 2.67. The molecule has 0 unspecified atom stereocenters. The van der Waals surface area contributed by atoms with E-state index >= 15 is 0 Å². The SMILES string of the molecule is O=S(=O)(NCc1cc(-c2ccccc2)ncn1)c1cccc(C(F)(F)F)c1. The number of hydrogen-bond acceptors (Lipinski definition) is 4. The lowest BCUT2D eigenvalue weighted by Gasteiger charge is -2.10. The van der Waals surface area contributed by atoms with Crippen LogP contribution in [0.2, 0.25) is 0 Å². The number of benzene rings is 2. The number of halogens is 3. The molecule has 140 valence electrons. The minimum absolute atomic E-state index is 0.180. The highest BCUT2D eigenvalue weighted by Gasteiger charge is 2.31. The molecule has 3 aromatic rings. The molecule has 0 saturated carbocycles. The Hall–Kier alpha value is -2.78. The van der Waals surface area contributed by atoms with Crippen molar-refractivity contribution in [2.45, 2.75) is 17.6 Å². The van der Waals surface area contributed by atoms with Crippen molar-refractivity contribution in [1.29, 1.82) is 0 Å². The van der Waals surface area contributed by atoms with E-state index in [9.17, 15) is 21.6 Å². The molecule has 1 aromatic heterocycles. The maximum atomic E-state index is 12.8. The van der Waals surface area contributed by atoms with Gasteiger partial charge in [-0.3, -0.25) is 0 Å². The fourth-order valence-corrected chi connectivity index (χ4v) is 3.40. The molecule has 0 aliphatic heterocycles. The number of aromatic nitrogens is 2. The van der Waals surface area contributed by atoms with E-state index < -0.39 is 26.7 Å². The van der Waals surface area contributed by atoms with Gasteiger partial charge in [-0.1, -0.05) is 36.4 Å². The van der Waals surface area contributed by atoms with Gasteiger partial charge in [-0.05, 0) is 24.3 Å². The molecule has 5 nitrogen and oxygen atoms in total. The molecule has 0 fully saturated rings. The van der Waals surface area contributed by atoms with Gasteiger partial charge in [0.2, 0.25) is 10.0 Å². The molecule has 0 saturated heterocycles. The molecule has 9 heteroatoms. The van der Waals surface area contributed by atoms with Crippen molar-refractivity contribution >= 4 is 10.0 Å². The van der Waals surface area contributed by atoms with Crippen LogP contribution in [0.3, 0.4) is 0 Å². The second-order valence-electron chi connectivity index (χ2n) is 5.61. The first-order valence-corrected chi connectivity index (χ1v) is 9.27. The normalized spacial score (nSPS) is 12.1. The first-order valence-electron chi connectivity index (χ1n) is 7.79. The maximum Gasteiger partial charge on any atom is 0.416 e. The standard InChI is InChI=1S/C18H14F3N3O2S/c19-18(20,21)14-7-4-8-16(9-14)27(25,26)24-11-15-10-17(23-12-22-15)13-5-2-1-3-6-13/h1-10,12,24H,11H2. The van der Waals surface area contributed by atoms with Gasteiger partial charge in [0.1, 0.15) is 6.33 Å². The number of hydrogen-bond donors (Lipinski definition) is 1. The Labute approximate surface area is 154 Å². The van der Waals surface area contributed by atoms with Crippen LogP contribution in [-0.2, 0) is 22.7 Å².